The van der Waals surface area contributed by atoms with Crippen LogP contribution in [0.1, 0.15) is 44.6 Å². The monoisotopic (exact) mass is 430 g/mol. The molecular formula is C27H30N2O3. The van der Waals surface area contributed by atoms with Gasteiger partial charge in [-0.15, -0.1) is 0 Å². The highest BCUT2D eigenvalue weighted by molar-refractivity contribution is 5.85. The number of rotatable bonds is 9. The van der Waals surface area contributed by atoms with Crippen molar-refractivity contribution in [3.05, 3.63) is 78.5 Å². The van der Waals surface area contributed by atoms with E-state index in [1.165, 1.54) is 0 Å². The summed E-state index contributed by atoms with van der Waals surface area (Å²) >= 11 is 0. The van der Waals surface area contributed by atoms with Crippen molar-refractivity contribution in [3.8, 4) is 17.4 Å². The van der Waals surface area contributed by atoms with Crippen LogP contribution in [0, 0.1) is 0 Å². The van der Waals surface area contributed by atoms with E-state index < -0.39 is 0 Å². The van der Waals surface area contributed by atoms with E-state index in [-0.39, 0.29) is 12.0 Å². The molecule has 2 aromatic carbocycles. The van der Waals surface area contributed by atoms with E-state index in [4.69, 9.17) is 9.47 Å². The predicted octanol–water partition coefficient (Wildman–Crippen LogP) is 6.00. The minimum absolute atomic E-state index is 0.0627. The summed E-state index contributed by atoms with van der Waals surface area (Å²) in [6.07, 6.45) is 4.45. The molecule has 2 atom stereocenters. The number of nitrogens with zero attached hydrogens (tertiary/aromatic N) is 2. The Kier molecular flexibility index (Phi) is 7.05. The van der Waals surface area contributed by atoms with Crippen LogP contribution in [0.25, 0.3) is 0 Å². The van der Waals surface area contributed by atoms with Crippen molar-refractivity contribution < 1.29 is 14.3 Å². The van der Waals surface area contributed by atoms with Crippen LogP contribution in [0.4, 0.5) is 5.69 Å². The van der Waals surface area contributed by atoms with Crippen LogP contribution in [0.3, 0.4) is 0 Å². The van der Waals surface area contributed by atoms with Gasteiger partial charge in [0.1, 0.15) is 23.4 Å². The summed E-state index contributed by atoms with van der Waals surface area (Å²) in [4.78, 5) is 18.9. The zero-order valence-corrected chi connectivity index (χ0v) is 18.7. The predicted molar refractivity (Wildman–Crippen MR) is 127 cm³/mol. The van der Waals surface area contributed by atoms with E-state index in [2.05, 4.69) is 9.88 Å². The Labute approximate surface area is 190 Å². The summed E-state index contributed by atoms with van der Waals surface area (Å²) in [6.45, 7) is 5.75. The van der Waals surface area contributed by atoms with Crippen molar-refractivity contribution in [2.24, 2.45) is 0 Å². The van der Waals surface area contributed by atoms with Gasteiger partial charge >= 0.3 is 0 Å². The first-order valence-electron chi connectivity index (χ1n) is 11.4. The zero-order chi connectivity index (χ0) is 22.3. The van der Waals surface area contributed by atoms with E-state index >= 15 is 0 Å². The fourth-order valence-corrected chi connectivity index (χ4v) is 3.96. The number of carbonyl (C=O) groups excluding carboxylic acids is 1. The molecular weight excluding hydrogens is 400 g/mol. The van der Waals surface area contributed by atoms with Gasteiger partial charge in [0, 0.05) is 31.4 Å². The second-order valence-corrected chi connectivity index (χ2v) is 8.25. The standard InChI is InChI=1S/C27H30N2O3/c1-3-7-26(30)20(2)21-10-13-24(14-11-21)31-25-16-17-29(19-25)22-12-15-27(28-18-22)32-23-8-5-4-6-9-23/h4-6,8-15,18,20,25H,3,7,16-17,19H2,1-2H3/t20?,25-/m1/s1. The lowest BCUT2D eigenvalue weighted by Gasteiger charge is -2.19. The first-order chi connectivity index (χ1) is 15.6. The lowest BCUT2D eigenvalue weighted by Crippen LogP contribution is -2.24. The number of ketones is 1. The largest absolute Gasteiger partial charge is 0.489 e. The van der Waals surface area contributed by atoms with Crippen LogP contribution in [0.5, 0.6) is 17.4 Å². The molecule has 0 saturated carbocycles. The Balaban J connectivity index is 1.30. The van der Waals surface area contributed by atoms with Crippen molar-refractivity contribution in [1.29, 1.82) is 0 Å². The molecule has 0 amide bonds. The summed E-state index contributed by atoms with van der Waals surface area (Å²) < 4.78 is 12.0. The number of para-hydroxylation sites is 1. The van der Waals surface area contributed by atoms with Gasteiger partial charge in [-0.1, -0.05) is 44.2 Å². The molecule has 1 aliphatic heterocycles. The Hall–Kier alpha value is -3.34. The highest BCUT2D eigenvalue weighted by Crippen LogP contribution is 2.27. The van der Waals surface area contributed by atoms with Crippen molar-refractivity contribution >= 4 is 11.5 Å². The van der Waals surface area contributed by atoms with E-state index in [0.717, 1.165) is 48.7 Å². The second kappa shape index (κ2) is 10.3. The SMILES string of the molecule is CCCC(=O)C(C)c1ccc(O[C@@H]2CCN(c3ccc(Oc4ccccc4)nc3)C2)cc1. The average molecular weight is 431 g/mol. The van der Waals surface area contributed by atoms with Crippen molar-refractivity contribution in [2.75, 3.05) is 18.0 Å². The minimum Gasteiger partial charge on any atom is -0.489 e. The average Bonchev–Trinajstić information content (AvgIpc) is 3.29. The summed E-state index contributed by atoms with van der Waals surface area (Å²) in [7, 11) is 0. The van der Waals surface area contributed by atoms with Gasteiger partial charge in [-0.25, -0.2) is 4.98 Å². The first-order valence-corrected chi connectivity index (χ1v) is 11.4. The normalized spacial score (nSPS) is 16.6. The van der Waals surface area contributed by atoms with E-state index in [1.807, 2.05) is 86.8 Å². The number of pyridine rings is 1. The topological polar surface area (TPSA) is 51.7 Å². The molecule has 4 rings (SSSR count). The molecule has 1 aromatic heterocycles. The van der Waals surface area contributed by atoms with Crippen LogP contribution in [0.2, 0.25) is 0 Å². The maximum Gasteiger partial charge on any atom is 0.219 e. The van der Waals surface area contributed by atoms with E-state index in [0.29, 0.717) is 18.1 Å². The molecule has 5 nitrogen and oxygen atoms in total. The molecule has 2 heterocycles. The molecule has 1 unspecified atom stereocenters. The lowest BCUT2D eigenvalue weighted by atomic mass is 9.94. The van der Waals surface area contributed by atoms with E-state index in [9.17, 15) is 4.79 Å². The minimum atomic E-state index is -0.0627. The molecule has 1 aliphatic rings. The molecule has 32 heavy (non-hydrogen) atoms. The third-order valence-electron chi connectivity index (χ3n) is 5.86. The maximum atomic E-state index is 12.1. The molecule has 0 bridgehead atoms. The molecule has 0 radical (unpaired) electrons. The van der Waals surface area contributed by atoms with Gasteiger partial charge in [0.25, 0.3) is 0 Å². The van der Waals surface area contributed by atoms with Crippen LogP contribution in [-0.4, -0.2) is 30.0 Å². The van der Waals surface area contributed by atoms with Crippen molar-refractivity contribution in [1.82, 2.24) is 4.98 Å². The Morgan fingerprint density at radius 3 is 2.53 bits per heavy atom. The number of carbonyl (C=O) groups is 1. The summed E-state index contributed by atoms with van der Waals surface area (Å²) in [5, 5.41) is 0. The fraction of sp³-hybridized carbons (Fsp3) is 0.333. The lowest BCUT2D eigenvalue weighted by molar-refractivity contribution is -0.120. The van der Waals surface area contributed by atoms with Crippen molar-refractivity contribution in [3.63, 3.8) is 0 Å². The molecule has 0 spiro atoms. The number of Topliss-reactive ketones (excluding diaryl/α,β-unsaturated/α-hetero) is 1. The molecule has 166 valence electrons. The molecule has 3 aromatic rings. The number of hydrogen-bond donors (Lipinski definition) is 0. The molecule has 5 heteroatoms. The summed E-state index contributed by atoms with van der Waals surface area (Å²) in [6, 6.07) is 21.6. The number of anilines is 1. The fourth-order valence-electron chi connectivity index (χ4n) is 3.96. The number of ether oxygens (including phenoxy) is 2. The van der Waals surface area contributed by atoms with Gasteiger partial charge < -0.3 is 14.4 Å². The number of aromatic nitrogens is 1. The van der Waals surface area contributed by atoms with Crippen LogP contribution >= 0.6 is 0 Å². The summed E-state index contributed by atoms with van der Waals surface area (Å²) in [5.74, 6) is 2.44. The van der Waals surface area contributed by atoms with Crippen LogP contribution in [-0.2, 0) is 4.79 Å². The summed E-state index contributed by atoms with van der Waals surface area (Å²) in [5.41, 5.74) is 2.11. The van der Waals surface area contributed by atoms with Crippen molar-refractivity contribution in [2.45, 2.75) is 45.1 Å². The number of hydrogen-bond acceptors (Lipinski definition) is 5. The van der Waals surface area contributed by atoms with Gasteiger partial charge in [-0.3, -0.25) is 4.79 Å². The molecule has 1 fully saturated rings. The van der Waals surface area contributed by atoms with Gasteiger partial charge in [0.05, 0.1) is 18.4 Å². The quantitative estimate of drug-likeness (QED) is 0.416. The molecule has 0 aliphatic carbocycles. The highest BCUT2D eigenvalue weighted by atomic mass is 16.5. The van der Waals surface area contributed by atoms with E-state index in [1.54, 1.807) is 0 Å². The zero-order valence-electron chi connectivity index (χ0n) is 18.7. The Bertz CT molecular complexity index is 1000. The van der Waals surface area contributed by atoms with Gasteiger partial charge in [-0.05, 0) is 42.3 Å². The molecule has 1 saturated heterocycles. The third kappa shape index (κ3) is 5.47. The Morgan fingerprint density at radius 2 is 1.84 bits per heavy atom. The van der Waals surface area contributed by atoms with Gasteiger partial charge in [0.2, 0.25) is 5.88 Å². The smallest absolute Gasteiger partial charge is 0.219 e. The highest BCUT2D eigenvalue weighted by Gasteiger charge is 2.24. The first kappa shape index (κ1) is 21.9. The third-order valence-corrected chi connectivity index (χ3v) is 5.86. The maximum absolute atomic E-state index is 12.1. The van der Waals surface area contributed by atoms with Gasteiger partial charge in [0.15, 0.2) is 0 Å². The van der Waals surface area contributed by atoms with Crippen LogP contribution in [0.15, 0.2) is 72.9 Å². The second-order valence-electron chi connectivity index (χ2n) is 8.25. The number of benzene rings is 2. The molecule has 0 N–H and O–H groups in total. The Morgan fingerprint density at radius 1 is 1.06 bits per heavy atom. The van der Waals surface area contributed by atoms with Gasteiger partial charge in [-0.2, -0.15) is 0 Å². The van der Waals surface area contributed by atoms with Crippen LogP contribution < -0.4 is 14.4 Å².